The summed E-state index contributed by atoms with van der Waals surface area (Å²) in [4.78, 5) is 12.0. The van der Waals surface area contributed by atoms with Crippen LogP contribution < -0.4 is 14.8 Å². The molecule has 0 radical (unpaired) electrons. The van der Waals surface area contributed by atoms with Gasteiger partial charge >= 0.3 is 0 Å². The first-order valence-electron chi connectivity index (χ1n) is 7.26. The van der Waals surface area contributed by atoms with Gasteiger partial charge in [0.2, 0.25) is 5.91 Å². The summed E-state index contributed by atoms with van der Waals surface area (Å²) >= 11 is 0. The lowest BCUT2D eigenvalue weighted by Crippen LogP contribution is -2.24. The van der Waals surface area contributed by atoms with Gasteiger partial charge in [0, 0.05) is 12.1 Å². The molecule has 2 rings (SSSR count). The van der Waals surface area contributed by atoms with Crippen LogP contribution in [0.5, 0.6) is 11.5 Å². The summed E-state index contributed by atoms with van der Waals surface area (Å²) in [7, 11) is 3.19. The van der Waals surface area contributed by atoms with E-state index in [0.29, 0.717) is 12.3 Å². The maximum absolute atomic E-state index is 12.9. The van der Waals surface area contributed by atoms with Crippen LogP contribution in [0.25, 0.3) is 0 Å². The molecule has 1 amide bonds. The van der Waals surface area contributed by atoms with Crippen molar-refractivity contribution in [3.8, 4) is 11.5 Å². The average molecular weight is 317 g/mol. The van der Waals surface area contributed by atoms with Gasteiger partial charge < -0.3 is 14.8 Å². The number of aryl methyl sites for hydroxylation is 1. The van der Waals surface area contributed by atoms with Gasteiger partial charge in [-0.15, -0.1) is 0 Å². The van der Waals surface area contributed by atoms with E-state index in [-0.39, 0.29) is 18.1 Å². The fourth-order valence-electron chi connectivity index (χ4n) is 2.30. The van der Waals surface area contributed by atoms with E-state index < -0.39 is 0 Å². The molecule has 0 aliphatic carbocycles. The number of methoxy groups -OCH3 is 2. The van der Waals surface area contributed by atoms with Crippen LogP contribution in [0.15, 0.2) is 36.4 Å². The van der Waals surface area contributed by atoms with Crippen LogP contribution in [0.3, 0.4) is 0 Å². The third-order valence-corrected chi connectivity index (χ3v) is 3.55. The third kappa shape index (κ3) is 4.45. The minimum absolute atomic E-state index is 0.141. The molecular formula is C18H20FNO3. The molecule has 0 heterocycles. The summed E-state index contributed by atoms with van der Waals surface area (Å²) in [6, 6.07) is 9.62. The molecule has 0 atom stereocenters. The lowest BCUT2D eigenvalue weighted by atomic mass is 10.1. The number of hydrogen-bond donors (Lipinski definition) is 1. The van der Waals surface area contributed by atoms with Gasteiger partial charge in [0.25, 0.3) is 0 Å². The van der Waals surface area contributed by atoms with Crippen molar-refractivity contribution in [2.75, 3.05) is 14.2 Å². The van der Waals surface area contributed by atoms with Crippen molar-refractivity contribution in [1.82, 2.24) is 5.32 Å². The minimum atomic E-state index is -0.314. The van der Waals surface area contributed by atoms with Gasteiger partial charge in [-0.05, 0) is 42.3 Å². The van der Waals surface area contributed by atoms with Gasteiger partial charge in [-0.2, -0.15) is 0 Å². The quantitative estimate of drug-likeness (QED) is 0.891. The zero-order valence-electron chi connectivity index (χ0n) is 13.5. The standard InChI is InChI=1S/C18H20FNO3/c1-12-8-17(23-3)14(10-16(12)22-2)11-20-18(21)9-13-4-6-15(19)7-5-13/h4-8,10H,9,11H2,1-3H3,(H,20,21). The lowest BCUT2D eigenvalue weighted by Gasteiger charge is -2.13. The highest BCUT2D eigenvalue weighted by atomic mass is 19.1. The second-order valence-corrected chi connectivity index (χ2v) is 5.21. The summed E-state index contributed by atoms with van der Waals surface area (Å²) in [6.07, 6.45) is 0.200. The highest BCUT2D eigenvalue weighted by Crippen LogP contribution is 2.28. The monoisotopic (exact) mass is 317 g/mol. The van der Waals surface area contributed by atoms with E-state index in [2.05, 4.69) is 5.32 Å². The van der Waals surface area contributed by atoms with Crippen LogP contribution in [-0.2, 0) is 17.8 Å². The molecule has 0 bridgehead atoms. The number of benzene rings is 2. The van der Waals surface area contributed by atoms with Gasteiger partial charge in [-0.1, -0.05) is 12.1 Å². The molecule has 0 saturated carbocycles. The number of amides is 1. The van der Waals surface area contributed by atoms with Crippen molar-refractivity contribution in [1.29, 1.82) is 0 Å². The average Bonchev–Trinajstić information content (AvgIpc) is 2.55. The van der Waals surface area contributed by atoms with Crippen LogP contribution in [0.4, 0.5) is 4.39 Å². The maximum atomic E-state index is 12.9. The van der Waals surface area contributed by atoms with E-state index in [0.717, 1.165) is 22.4 Å². The van der Waals surface area contributed by atoms with Gasteiger partial charge in [0.1, 0.15) is 17.3 Å². The van der Waals surface area contributed by atoms with E-state index >= 15 is 0 Å². The zero-order valence-corrected chi connectivity index (χ0v) is 13.5. The Labute approximate surface area is 135 Å². The van der Waals surface area contributed by atoms with Crippen molar-refractivity contribution in [3.05, 3.63) is 58.9 Å². The van der Waals surface area contributed by atoms with Crippen LogP contribution in [0.1, 0.15) is 16.7 Å². The number of nitrogens with one attached hydrogen (secondary N) is 1. The fraction of sp³-hybridized carbons (Fsp3) is 0.278. The third-order valence-electron chi connectivity index (χ3n) is 3.55. The SMILES string of the molecule is COc1cc(CNC(=O)Cc2ccc(F)cc2)c(OC)cc1C. The Morgan fingerprint density at radius 1 is 1.09 bits per heavy atom. The molecule has 0 fully saturated rings. The molecule has 0 aliphatic heterocycles. The lowest BCUT2D eigenvalue weighted by molar-refractivity contribution is -0.120. The normalized spacial score (nSPS) is 10.3. The highest BCUT2D eigenvalue weighted by molar-refractivity contribution is 5.78. The Bertz CT molecular complexity index is 683. The Balaban J connectivity index is 2.02. The fourth-order valence-corrected chi connectivity index (χ4v) is 2.30. The van der Waals surface area contributed by atoms with Gasteiger partial charge in [0.15, 0.2) is 0 Å². The van der Waals surface area contributed by atoms with Gasteiger partial charge in [-0.25, -0.2) is 4.39 Å². The molecule has 23 heavy (non-hydrogen) atoms. The Hall–Kier alpha value is -2.56. The highest BCUT2D eigenvalue weighted by Gasteiger charge is 2.10. The summed E-state index contributed by atoms with van der Waals surface area (Å²) in [5.41, 5.74) is 2.56. The molecule has 0 saturated heterocycles. The van der Waals surface area contributed by atoms with Crippen molar-refractivity contribution in [3.63, 3.8) is 0 Å². The van der Waals surface area contributed by atoms with E-state index in [4.69, 9.17) is 9.47 Å². The summed E-state index contributed by atoms with van der Waals surface area (Å²) in [6.45, 7) is 2.26. The second kappa shape index (κ2) is 7.63. The first kappa shape index (κ1) is 16.8. The number of hydrogen-bond acceptors (Lipinski definition) is 3. The second-order valence-electron chi connectivity index (χ2n) is 5.21. The molecule has 2 aromatic carbocycles. The van der Waals surface area contributed by atoms with Crippen LogP contribution in [0, 0.1) is 12.7 Å². The minimum Gasteiger partial charge on any atom is -0.496 e. The zero-order chi connectivity index (χ0) is 16.8. The van der Waals surface area contributed by atoms with Crippen LogP contribution >= 0.6 is 0 Å². The van der Waals surface area contributed by atoms with E-state index in [1.807, 2.05) is 19.1 Å². The maximum Gasteiger partial charge on any atom is 0.224 e. The molecule has 2 aromatic rings. The molecule has 4 nitrogen and oxygen atoms in total. The number of rotatable bonds is 6. The van der Waals surface area contributed by atoms with Gasteiger partial charge in [-0.3, -0.25) is 4.79 Å². The molecular weight excluding hydrogens is 297 g/mol. The summed E-state index contributed by atoms with van der Waals surface area (Å²) in [5.74, 6) is 0.989. The topological polar surface area (TPSA) is 47.6 Å². The van der Waals surface area contributed by atoms with Crippen molar-refractivity contribution in [2.24, 2.45) is 0 Å². The molecule has 0 unspecified atom stereocenters. The Morgan fingerprint density at radius 3 is 2.35 bits per heavy atom. The van der Waals surface area contributed by atoms with E-state index in [9.17, 15) is 9.18 Å². The number of carbonyl (C=O) groups excluding carboxylic acids is 1. The molecule has 1 N–H and O–H groups in total. The summed E-state index contributed by atoms with van der Waals surface area (Å²) < 4.78 is 23.5. The van der Waals surface area contributed by atoms with Crippen LogP contribution in [0.2, 0.25) is 0 Å². The van der Waals surface area contributed by atoms with Crippen molar-refractivity contribution in [2.45, 2.75) is 19.9 Å². The predicted molar refractivity (Wildman–Crippen MR) is 86.2 cm³/mol. The molecule has 0 spiro atoms. The van der Waals surface area contributed by atoms with Crippen LogP contribution in [-0.4, -0.2) is 20.1 Å². The number of halogens is 1. The number of ether oxygens (including phenoxy) is 2. The molecule has 122 valence electrons. The van der Waals surface area contributed by atoms with Gasteiger partial charge in [0.05, 0.1) is 20.6 Å². The Morgan fingerprint density at radius 2 is 1.74 bits per heavy atom. The smallest absolute Gasteiger partial charge is 0.224 e. The van der Waals surface area contributed by atoms with Crippen molar-refractivity contribution < 1.29 is 18.7 Å². The van der Waals surface area contributed by atoms with E-state index in [1.54, 1.807) is 26.4 Å². The largest absolute Gasteiger partial charge is 0.496 e. The van der Waals surface area contributed by atoms with Crippen molar-refractivity contribution >= 4 is 5.91 Å². The molecule has 0 aliphatic rings. The Kier molecular flexibility index (Phi) is 5.57. The predicted octanol–water partition coefficient (Wildman–Crippen LogP) is 3.01. The van der Waals surface area contributed by atoms with E-state index in [1.165, 1.54) is 12.1 Å². The molecule has 0 aromatic heterocycles. The molecule has 5 heteroatoms. The summed E-state index contributed by atoms with van der Waals surface area (Å²) in [5, 5.41) is 2.84. The number of carbonyl (C=O) groups is 1. The first-order chi connectivity index (χ1) is 11.0. The first-order valence-corrected chi connectivity index (χ1v) is 7.26.